The first kappa shape index (κ1) is 17.1. The number of halogens is 3. The molecule has 0 atom stereocenters. The SMILES string of the molecule is O=S(=O)(Cc1ccc(-c2noc(C(F)(F)F)n2)cn1)c1ccccc1. The van der Waals surface area contributed by atoms with Crippen LogP contribution in [0.1, 0.15) is 11.6 Å². The summed E-state index contributed by atoms with van der Waals surface area (Å²) in [5, 5.41) is 3.24. The number of alkyl halides is 3. The molecule has 0 N–H and O–H groups in total. The van der Waals surface area contributed by atoms with Gasteiger partial charge < -0.3 is 4.52 Å². The molecular formula is C15H10F3N3O3S. The summed E-state index contributed by atoms with van der Waals surface area (Å²) in [6.45, 7) is 0. The molecule has 0 spiro atoms. The van der Waals surface area contributed by atoms with Crippen LogP contribution >= 0.6 is 0 Å². The second-order valence-corrected chi connectivity index (χ2v) is 7.02. The first-order valence-electron chi connectivity index (χ1n) is 6.90. The average molecular weight is 369 g/mol. The van der Waals surface area contributed by atoms with Gasteiger partial charge in [0.2, 0.25) is 5.82 Å². The highest BCUT2D eigenvalue weighted by molar-refractivity contribution is 7.90. The molecule has 2 aromatic heterocycles. The lowest BCUT2D eigenvalue weighted by Gasteiger charge is -2.04. The highest BCUT2D eigenvalue weighted by Gasteiger charge is 2.38. The average Bonchev–Trinajstić information content (AvgIpc) is 3.06. The quantitative estimate of drug-likeness (QED) is 0.702. The maximum atomic E-state index is 12.4. The highest BCUT2D eigenvalue weighted by atomic mass is 32.2. The van der Waals surface area contributed by atoms with Crippen LogP contribution in [-0.4, -0.2) is 23.5 Å². The molecule has 0 aliphatic rings. The van der Waals surface area contributed by atoms with E-state index >= 15 is 0 Å². The third-order valence-electron chi connectivity index (χ3n) is 3.19. The second kappa shape index (κ2) is 6.28. The van der Waals surface area contributed by atoms with Crippen molar-refractivity contribution in [1.29, 1.82) is 0 Å². The summed E-state index contributed by atoms with van der Waals surface area (Å²) >= 11 is 0. The van der Waals surface area contributed by atoms with E-state index in [2.05, 4.69) is 19.6 Å². The number of benzene rings is 1. The zero-order valence-electron chi connectivity index (χ0n) is 12.4. The van der Waals surface area contributed by atoms with Crippen LogP contribution in [0.2, 0.25) is 0 Å². The first-order chi connectivity index (χ1) is 11.8. The van der Waals surface area contributed by atoms with Crippen LogP contribution in [-0.2, 0) is 21.8 Å². The van der Waals surface area contributed by atoms with Gasteiger partial charge in [0, 0.05) is 11.8 Å². The summed E-state index contributed by atoms with van der Waals surface area (Å²) in [5.74, 6) is -2.08. The van der Waals surface area contributed by atoms with Crippen molar-refractivity contribution in [3.05, 3.63) is 60.2 Å². The molecule has 2 heterocycles. The number of pyridine rings is 1. The number of hydrogen-bond acceptors (Lipinski definition) is 6. The molecule has 130 valence electrons. The lowest BCUT2D eigenvalue weighted by Crippen LogP contribution is -2.06. The molecule has 0 amide bonds. The molecule has 0 saturated heterocycles. The van der Waals surface area contributed by atoms with Crippen molar-refractivity contribution >= 4 is 9.84 Å². The third-order valence-corrected chi connectivity index (χ3v) is 4.86. The molecule has 0 aliphatic heterocycles. The molecule has 0 aliphatic carbocycles. The Morgan fingerprint density at radius 2 is 1.76 bits per heavy atom. The van der Waals surface area contributed by atoms with E-state index in [-0.39, 0.29) is 27.7 Å². The Morgan fingerprint density at radius 3 is 2.32 bits per heavy atom. The number of rotatable bonds is 4. The summed E-state index contributed by atoms with van der Waals surface area (Å²) in [6, 6.07) is 10.6. The molecule has 0 unspecified atom stereocenters. The van der Waals surface area contributed by atoms with Crippen molar-refractivity contribution < 1.29 is 26.1 Å². The van der Waals surface area contributed by atoms with Crippen LogP contribution < -0.4 is 0 Å². The smallest absolute Gasteiger partial charge is 0.329 e. The molecule has 0 bridgehead atoms. The van der Waals surface area contributed by atoms with Crippen molar-refractivity contribution in [3.8, 4) is 11.4 Å². The Labute approximate surface area is 140 Å². The summed E-state index contributed by atoms with van der Waals surface area (Å²) in [7, 11) is -3.57. The van der Waals surface area contributed by atoms with E-state index < -0.39 is 21.9 Å². The van der Waals surface area contributed by atoms with Gasteiger partial charge in [0.1, 0.15) is 0 Å². The van der Waals surface area contributed by atoms with Crippen molar-refractivity contribution in [2.24, 2.45) is 0 Å². The molecule has 3 rings (SSSR count). The van der Waals surface area contributed by atoms with Gasteiger partial charge >= 0.3 is 12.1 Å². The van der Waals surface area contributed by atoms with E-state index in [0.717, 1.165) is 0 Å². The second-order valence-electron chi connectivity index (χ2n) is 5.03. The van der Waals surface area contributed by atoms with Crippen LogP contribution in [0.4, 0.5) is 13.2 Å². The van der Waals surface area contributed by atoms with Crippen molar-refractivity contribution in [2.75, 3.05) is 0 Å². The molecule has 25 heavy (non-hydrogen) atoms. The molecule has 6 nitrogen and oxygen atoms in total. The van der Waals surface area contributed by atoms with Crippen LogP contribution in [0.25, 0.3) is 11.4 Å². The zero-order chi connectivity index (χ0) is 18.1. The Bertz CT molecular complexity index is 969. The fourth-order valence-corrected chi connectivity index (χ4v) is 3.30. The van der Waals surface area contributed by atoms with Gasteiger partial charge in [-0.2, -0.15) is 18.2 Å². The number of hydrogen-bond donors (Lipinski definition) is 0. The molecular weight excluding hydrogens is 359 g/mol. The van der Waals surface area contributed by atoms with E-state index in [1.807, 2.05) is 0 Å². The number of aromatic nitrogens is 3. The van der Waals surface area contributed by atoms with Gasteiger partial charge in [-0.15, -0.1) is 0 Å². The van der Waals surface area contributed by atoms with Crippen LogP contribution in [0.15, 0.2) is 58.1 Å². The molecule has 0 radical (unpaired) electrons. The Balaban J connectivity index is 1.80. The Kier molecular flexibility index (Phi) is 4.29. The fraction of sp³-hybridized carbons (Fsp3) is 0.133. The predicted molar refractivity (Wildman–Crippen MR) is 79.9 cm³/mol. The first-order valence-corrected chi connectivity index (χ1v) is 8.55. The predicted octanol–water partition coefficient (Wildman–Crippen LogP) is 3.12. The largest absolute Gasteiger partial charge is 0.471 e. The normalized spacial score (nSPS) is 12.3. The van der Waals surface area contributed by atoms with Gasteiger partial charge in [-0.05, 0) is 24.3 Å². The Morgan fingerprint density at radius 1 is 1.04 bits per heavy atom. The molecule has 3 aromatic rings. The lowest BCUT2D eigenvalue weighted by molar-refractivity contribution is -0.159. The molecule has 0 saturated carbocycles. The summed E-state index contributed by atoms with van der Waals surface area (Å²) in [4.78, 5) is 7.36. The van der Waals surface area contributed by atoms with Gasteiger partial charge in [-0.25, -0.2) is 8.42 Å². The number of sulfone groups is 1. The van der Waals surface area contributed by atoms with E-state index in [1.54, 1.807) is 18.2 Å². The monoisotopic (exact) mass is 369 g/mol. The van der Waals surface area contributed by atoms with E-state index in [1.165, 1.54) is 30.5 Å². The Hall–Kier alpha value is -2.75. The maximum absolute atomic E-state index is 12.4. The minimum atomic E-state index is -4.73. The topological polar surface area (TPSA) is 86.0 Å². The fourth-order valence-electron chi connectivity index (χ4n) is 2.00. The van der Waals surface area contributed by atoms with Crippen LogP contribution in [0.3, 0.4) is 0 Å². The van der Waals surface area contributed by atoms with E-state index in [4.69, 9.17) is 0 Å². The molecule has 1 aromatic carbocycles. The zero-order valence-corrected chi connectivity index (χ0v) is 13.3. The highest BCUT2D eigenvalue weighted by Crippen LogP contribution is 2.29. The van der Waals surface area contributed by atoms with Crippen molar-refractivity contribution in [2.45, 2.75) is 16.8 Å². The van der Waals surface area contributed by atoms with E-state index in [0.29, 0.717) is 0 Å². The van der Waals surface area contributed by atoms with Gasteiger partial charge in [-0.1, -0.05) is 23.4 Å². The minimum absolute atomic E-state index is 0.161. The number of nitrogens with zero attached hydrogens (tertiary/aromatic N) is 3. The van der Waals surface area contributed by atoms with Crippen molar-refractivity contribution in [3.63, 3.8) is 0 Å². The molecule has 10 heteroatoms. The van der Waals surface area contributed by atoms with Gasteiger partial charge in [0.25, 0.3) is 0 Å². The maximum Gasteiger partial charge on any atom is 0.471 e. The van der Waals surface area contributed by atoms with Crippen LogP contribution in [0.5, 0.6) is 0 Å². The molecule has 0 fully saturated rings. The van der Waals surface area contributed by atoms with Gasteiger partial charge in [0.15, 0.2) is 9.84 Å². The minimum Gasteiger partial charge on any atom is -0.329 e. The van der Waals surface area contributed by atoms with Crippen molar-refractivity contribution in [1.82, 2.24) is 15.1 Å². The van der Waals surface area contributed by atoms with Crippen LogP contribution in [0, 0.1) is 0 Å². The van der Waals surface area contributed by atoms with E-state index in [9.17, 15) is 21.6 Å². The van der Waals surface area contributed by atoms with Gasteiger partial charge in [0.05, 0.1) is 16.3 Å². The summed E-state index contributed by atoms with van der Waals surface area (Å²) < 4.78 is 66.0. The summed E-state index contributed by atoms with van der Waals surface area (Å²) in [5.41, 5.74) is 0.423. The standard InChI is InChI=1S/C15H10F3N3O3S/c16-15(17,18)14-20-13(21-24-14)10-6-7-11(19-8-10)9-25(22,23)12-4-2-1-3-5-12/h1-8H,9H2. The summed E-state index contributed by atoms with van der Waals surface area (Å²) in [6.07, 6.45) is -3.54. The lowest BCUT2D eigenvalue weighted by atomic mass is 10.2. The van der Waals surface area contributed by atoms with Gasteiger partial charge in [-0.3, -0.25) is 4.98 Å². The third kappa shape index (κ3) is 3.85.